The van der Waals surface area contributed by atoms with Crippen LogP contribution in [0.25, 0.3) is 28.0 Å². The first kappa shape index (κ1) is 24.2. The molecule has 6 rings (SSSR count). The van der Waals surface area contributed by atoms with Crippen LogP contribution < -0.4 is 16.6 Å². The third kappa shape index (κ3) is 4.34. The lowest BCUT2D eigenvalue weighted by molar-refractivity contribution is 0.281. The number of nitrogen functional groups attached to an aromatic ring is 1. The molecule has 0 radical (unpaired) electrons. The summed E-state index contributed by atoms with van der Waals surface area (Å²) in [6.07, 6.45) is 6.69. The van der Waals surface area contributed by atoms with Crippen LogP contribution in [0.3, 0.4) is 0 Å². The lowest BCUT2D eigenvalue weighted by Gasteiger charge is -2.15. The van der Waals surface area contributed by atoms with Crippen molar-refractivity contribution in [3.8, 4) is 23.3 Å². The number of aromatic nitrogens is 6. The maximum Gasteiger partial charge on any atom is 0.267 e. The smallest absolute Gasteiger partial charge is 0.267 e. The van der Waals surface area contributed by atoms with Crippen LogP contribution in [0.15, 0.2) is 53.7 Å². The normalized spacial score (nSPS) is 13.0. The zero-order valence-electron chi connectivity index (χ0n) is 20.8. The molecule has 0 aliphatic heterocycles. The van der Waals surface area contributed by atoms with E-state index >= 15 is 4.39 Å². The molecule has 0 spiro atoms. The van der Waals surface area contributed by atoms with Gasteiger partial charge < -0.3 is 20.7 Å². The molecular formula is C27H22FN9O2. The molecule has 0 unspecified atom stereocenters. The summed E-state index contributed by atoms with van der Waals surface area (Å²) in [5.74, 6) is 0.0277. The third-order valence-electron chi connectivity index (χ3n) is 6.72. The largest absolute Gasteiger partial charge is 0.392 e. The fourth-order valence-electron chi connectivity index (χ4n) is 4.67. The Morgan fingerprint density at radius 1 is 1.23 bits per heavy atom. The van der Waals surface area contributed by atoms with Gasteiger partial charge in [-0.3, -0.25) is 9.36 Å². The van der Waals surface area contributed by atoms with E-state index in [1.807, 2.05) is 6.07 Å². The van der Waals surface area contributed by atoms with Gasteiger partial charge in [-0.25, -0.2) is 9.37 Å². The molecule has 11 nitrogen and oxygen atoms in total. The minimum Gasteiger partial charge on any atom is -0.392 e. The zero-order chi connectivity index (χ0) is 27.3. The first-order valence-corrected chi connectivity index (χ1v) is 12.2. The van der Waals surface area contributed by atoms with Crippen LogP contribution in [0, 0.1) is 17.1 Å². The Labute approximate surface area is 221 Å². The number of fused-ring (bicyclic) bond motifs is 1. The standard InChI is InChI=1S/C27H22FN9O2/c1-36-12-17(10-18(36)11-29)32-27-34-23(33-26(30)35-27)19-4-6-31-24(20(19)13-38)37-7-5-15-8-16(14-2-3-14)9-21(28)22(15)25(37)39/h4-10,12,14,38H,2-3,13H2,1H3,(H3,30,32,33,34,35). The lowest BCUT2D eigenvalue weighted by Crippen LogP contribution is -2.21. The van der Waals surface area contributed by atoms with Gasteiger partial charge in [0.2, 0.25) is 11.9 Å². The Kier molecular flexibility index (Phi) is 5.77. The minimum absolute atomic E-state index is 0.0477. The van der Waals surface area contributed by atoms with E-state index < -0.39 is 18.0 Å². The molecule has 39 heavy (non-hydrogen) atoms. The van der Waals surface area contributed by atoms with Gasteiger partial charge >= 0.3 is 0 Å². The average molecular weight is 524 g/mol. The molecule has 0 atom stereocenters. The van der Waals surface area contributed by atoms with Gasteiger partial charge in [-0.05, 0) is 54.0 Å². The predicted octanol–water partition coefficient (Wildman–Crippen LogP) is 3.28. The summed E-state index contributed by atoms with van der Waals surface area (Å²) in [7, 11) is 1.73. The second-order valence-corrected chi connectivity index (χ2v) is 9.35. The van der Waals surface area contributed by atoms with Crippen LogP contribution >= 0.6 is 0 Å². The quantitative estimate of drug-likeness (QED) is 0.303. The van der Waals surface area contributed by atoms with Crippen molar-refractivity contribution < 1.29 is 9.50 Å². The SMILES string of the molecule is Cn1cc(Nc2nc(N)nc(-c3ccnc(-n4ccc5cc(C6CC6)cc(F)c5c4=O)c3CO)n2)cc1C#N. The van der Waals surface area contributed by atoms with E-state index in [9.17, 15) is 15.2 Å². The summed E-state index contributed by atoms with van der Waals surface area (Å²) in [6, 6.07) is 10.2. The molecule has 0 amide bonds. The van der Waals surface area contributed by atoms with Crippen LogP contribution in [0.2, 0.25) is 0 Å². The van der Waals surface area contributed by atoms with Crippen molar-refractivity contribution in [2.45, 2.75) is 25.4 Å². The van der Waals surface area contributed by atoms with Gasteiger partial charge in [0, 0.05) is 36.8 Å². The minimum atomic E-state index is -0.596. The number of hydrogen-bond acceptors (Lipinski definition) is 9. The Balaban J connectivity index is 1.44. The summed E-state index contributed by atoms with van der Waals surface area (Å²) in [6.45, 7) is -0.509. The average Bonchev–Trinajstić information content (AvgIpc) is 3.71. The van der Waals surface area contributed by atoms with Gasteiger partial charge in [-0.1, -0.05) is 6.07 Å². The van der Waals surface area contributed by atoms with E-state index in [2.05, 4.69) is 31.3 Å². The van der Waals surface area contributed by atoms with Crippen LogP contribution in [0.1, 0.15) is 35.6 Å². The number of halogens is 1. The van der Waals surface area contributed by atoms with Gasteiger partial charge in [0.25, 0.3) is 5.56 Å². The lowest BCUT2D eigenvalue weighted by atomic mass is 10.0. The van der Waals surface area contributed by atoms with Crippen molar-refractivity contribution in [3.05, 3.63) is 81.9 Å². The summed E-state index contributed by atoms with van der Waals surface area (Å²) in [5, 5.41) is 23.0. The first-order chi connectivity index (χ1) is 18.9. The molecule has 1 aliphatic rings. The highest BCUT2D eigenvalue weighted by atomic mass is 19.1. The van der Waals surface area contributed by atoms with Gasteiger partial charge in [0.1, 0.15) is 23.4 Å². The van der Waals surface area contributed by atoms with Crippen molar-refractivity contribution in [2.24, 2.45) is 7.05 Å². The Hall–Kier alpha value is -5.15. The molecule has 1 aromatic carbocycles. The third-order valence-corrected chi connectivity index (χ3v) is 6.72. The second kappa shape index (κ2) is 9.30. The van der Waals surface area contributed by atoms with E-state index in [0.717, 1.165) is 18.4 Å². The maximum absolute atomic E-state index is 15.1. The number of benzene rings is 1. The predicted molar refractivity (Wildman–Crippen MR) is 142 cm³/mol. The number of anilines is 3. The fourth-order valence-corrected chi connectivity index (χ4v) is 4.67. The van der Waals surface area contributed by atoms with Crippen molar-refractivity contribution in [1.82, 2.24) is 29.1 Å². The van der Waals surface area contributed by atoms with Gasteiger partial charge in [0.15, 0.2) is 5.82 Å². The van der Waals surface area contributed by atoms with Gasteiger partial charge in [-0.2, -0.15) is 20.2 Å². The number of rotatable bonds is 6. The maximum atomic E-state index is 15.1. The molecule has 0 bridgehead atoms. The molecule has 1 aliphatic carbocycles. The van der Waals surface area contributed by atoms with E-state index in [-0.39, 0.29) is 34.5 Å². The van der Waals surface area contributed by atoms with E-state index in [0.29, 0.717) is 28.2 Å². The number of nitrogens with two attached hydrogens (primary N) is 1. The number of aliphatic hydroxyl groups excluding tert-OH is 1. The van der Waals surface area contributed by atoms with Crippen LogP contribution in [0.4, 0.5) is 22.0 Å². The number of nitrogens with zero attached hydrogens (tertiary/aromatic N) is 7. The zero-order valence-corrected chi connectivity index (χ0v) is 20.8. The molecule has 0 saturated heterocycles. The molecule has 4 aromatic heterocycles. The van der Waals surface area contributed by atoms with Crippen molar-refractivity contribution in [3.63, 3.8) is 0 Å². The van der Waals surface area contributed by atoms with Crippen LogP contribution in [-0.4, -0.2) is 34.2 Å². The van der Waals surface area contributed by atoms with Gasteiger partial charge in [-0.15, -0.1) is 0 Å². The molecule has 4 heterocycles. The van der Waals surface area contributed by atoms with Crippen LogP contribution in [-0.2, 0) is 13.7 Å². The molecule has 4 N–H and O–H groups in total. The molecule has 1 fully saturated rings. The number of pyridine rings is 2. The van der Waals surface area contributed by atoms with E-state index in [4.69, 9.17) is 5.73 Å². The molecule has 1 saturated carbocycles. The highest BCUT2D eigenvalue weighted by Gasteiger charge is 2.25. The summed E-state index contributed by atoms with van der Waals surface area (Å²) in [4.78, 5) is 30.5. The highest BCUT2D eigenvalue weighted by Crippen LogP contribution is 2.41. The monoisotopic (exact) mass is 523 g/mol. The van der Waals surface area contributed by atoms with Crippen molar-refractivity contribution >= 4 is 28.4 Å². The van der Waals surface area contributed by atoms with E-state index in [1.54, 1.807) is 36.0 Å². The molecule has 12 heteroatoms. The Morgan fingerprint density at radius 3 is 2.77 bits per heavy atom. The Morgan fingerprint density at radius 2 is 2.05 bits per heavy atom. The summed E-state index contributed by atoms with van der Waals surface area (Å²) >= 11 is 0. The first-order valence-electron chi connectivity index (χ1n) is 12.2. The highest BCUT2D eigenvalue weighted by molar-refractivity contribution is 5.83. The Bertz CT molecular complexity index is 1870. The fraction of sp³-hybridized carbons (Fsp3) is 0.185. The van der Waals surface area contributed by atoms with Gasteiger partial charge in [0.05, 0.1) is 17.7 Å². The molecular weight excluding hydrogens is 501 g/mol. The molecule has 5 aromatic rings. The second-order valence-electron chi connectivity index (χ2n) is 9.35. The van der Waals surface area contributed by atoms with Crippen LogP contribution in [0.5, 0.6) is 0 Å². The number of aliphatic hydroxyl groups is 1. The number of hydrogen-bond donors (Lipinski definition) is 3. The number of nitrogens with one attached hydrogen (secondary N) is 1. The van der Waals surface area contributed by atoms with E-state index in [1.165, 1.54) is 23.0 Å². The topological polar surface area (TPSA) is 161 Å². The number of nitriles is 1. The number of aryl methyl sites for hydroxylation is 1. The molecule has 194 valence electrons. The summed E-state index contributed by atoms with van der Waals surface area (Å²) < 4.78 is 17.9. The summed E-state index contributed by atoms with van der Waals surface area (Å²) in [5.41, 5.74) is 7.87. The van der Waals surface area contributed by atoms with Crippen molar-refractivity contribution in [1.29, 1.82) is 5.26 Å². The van der Waals surface area contributed by atoms with Crippen molar-refractivity contribution in [2.75, 3.05) is 11.1 Å².